The first kappa shape index (κ1) is 16.0. The first-order valence-electron chi connectivity index (χ1n) is 7.46. The van der Waals surface area contributed by atoms with Gasteiger partial charge in [-0.25, -0.2) is 0 Å². The maximum atomic E-state index is 12.6. The number of rotatable bonds is 7. The first-order chi connectivity index (χ1) is 10.1. The summed E-state index contributed by atoms with van der Waals surface area (Å²) in [6.45, 7) is -0.201. The van der Waals surface area contributed by atoms with E-state index in [1.165, 1.54) is 32.8 Å². The van der Waals surface area contributed by atoms with E-state index in [9.17, 15) is 8.78 Å². The van der Waals surface area contributed by atoms with Crippen molar-refractivity contribution in [1.82, 2.24) is 5.32 Å². The SMILES string of the molecule is COc1cccc(CN[C@@H](C)C2CCCC2)c1OC(F)F. The lowest BCUT2D eigenvalue weighted by Crippen LogP contribution is -2.31. The average molecular weight is 299 g/mol. The Balaban J connectivity index is 2.04. The highest BCUT2D eigenvalue weighted by molar-refractivity contribution is 5.46. The summed E-state index contributed by atoms with van der Waals surface area (Å²) >= 11 is 0. The first-order valence-corrected chi connectivity index (χ1v) is 7.46. The molecule has 1 atom stereocenters. The van der Waals surface area contributed by atoms with Gasteiger partial charge >= 0.3 is 6.61 Å². The van der Waals surface area contributed by atoms with Crippen molar-refractivity contribution in [3.63, 3.8) is 0 Å². The predicted octanol–water partition coefficient (Wildman–Crippen LogP) is 3.96. The summed E-state index contributed by atoms with van der Waals surface area (Å²) in [4.78, 5) is 0. The van der Waals surface area contributed by atoms with Gasteiger partial charge in [-0.05, 0) is 31.7 Å². The molecule has 0 bridgehead atoms. The quantitative estimate of drug-likeness (QED) is 0.826. The fourth-order valence-corrected chi connectivity index (χ4v) is 2.98. The Labute approximate surface area is 124 Å². The molecule has 1 saturated carbocycles. The third-order valence-electron chi connectivity index (χ3n) is 4.21. The molecule has 0 amide bonds. The number of benzene rings is 1. The second-order valence-corrected chi connectivity index (χ2v) is 5.54. The van der Waals surface area contributed by atoms with Gasteiger partial charge in [0, 0.05) is 18.2 Å². The van der Waals surface area contributed by atoms with Crippen molar-refractivity contribution in [3.05, 3.63) is 23.8 Å². The van der Waals surface area contributed by atoms with Crippen LogP contribution < -0.4 is 14.8 Å². The molecule has 0 radical (unpaired) electrons. The number of alkyl halides is 2. The van der Waals surface area contributed by atoms with Crippen LogP contribution in [0.5, 0.6) is 11.5 Å². The van der Waals surface area contributed by atoms with Gasteiger partial charge in [0.1, 0.15) is 0 Å². The minimum absolute atomic E-state index is 0.126. The summed E-state index contributed by atoms with van der Waals surface area (Å²) in [6.07, 6.45) is 5.06. The number of para-hydroxylation sites is 1. The lowest BCUT2D eigenvalue weighted by atomic mass is 9.99. The van der Waals surface area contributed by atoms with E-state index >= 15 is 0 Å². The number of hydrogen-bond donors (Lipinski definition) is 1. The molecule has 0 spiro atoms. The molecule has 5 heteroatoms. The minimum atomic E-state index is -2.85. The van der Waals surface area contributed by atoms with Gasteiger partial charge in [0.25, 0.3) is 0 Å². The van der Waals surface area contributed by atoms with E-state index < -0.39 is 6.61 Å². The summed E-state index contributed by atoms with van der Waals surface area (Å²) in [6, 6.07) is 5.57. The highest BCUT2D eigenvalue weighted by atomic mass is 19.3. The molecule has 1 fully saturated rings. The van der Waals surface area contributed by atoms with Crippen LogP contribution in [-0.4, -0.2) is 19.8 Å². The van der Waals surface area contributed by atoms with Crippen molar-refractivity contribution in [2.45, 2.75) is 51.8 Å². The van der Waals surface area contributed by atoms with Gasteiger partial charge in [-0.1, -0.05) is 25.0 Å². The Morgan fingerprint density at radius 1 is 1.29 bits per heavy atom. The second kappa shape index (κ2) is 7.59. The molecule has 0 unspecified atom stereocenters. The van der Waals surface area contributed by atoms with Gasteiger partial charge in [-0.2, -0.15) is 8.78 Å². The molecule has 1 aliphatic carbocycles. The van der Waals surface area contributed by atoms with Crippen molar-refractivity contribution >= 4 is 0 Å². The van der Waals surface area contributed by atoms with E-state index in [1.54, 1.807) is 18.2 Å². The Kier molecular flexibility index (Phi) is 5.79. The average Bonchev–Trinajstić information content (AvgIpc) is 2.99. The maximum Gasteiger partial charge on any atom is 0.387 e. The molecule has 1 aliphatic rings. The molecule has 1 N–H and O–H groups in total. The molecule has 1 aromatic rings. The second-order valence-electron chi connectivity index (χ2n) is 5.54. The van der Waals surface area contributed by atoms with E-state index in [0.29, 0.717) is 29.8 Å². The summed E-state index contributed by atoms with van der Waals surface area (Å²) < 4.78 is 34.9. The van der Waals surface area contributed by atoms with Crippen molar-refractivity contribution in [1.29, 1.82) is 0 Å². The van der Waals surface area contributed by atoms with Gasteiger partial charge in [-0.3, -0.25) is 0 Å². The van der Waals surface area contributed by atoms with E-state index in [1.807, 2.05) is 0 Å². The topological polar surface area (TPSA) is 30.5 Å². The van der Waals surface area contributed by atoms with Crippen LogP contribution in [0, 0.1) is 5.92 Å². The number of halogens is 2. The molecule has 0 saturated heterocycles. The Hall–Kier alpha value is -1.36. The Bertz CT molecular complexity index is 448. The van der Waals surface area contributed by atoms with Crippen LogP contribution >= 0.6 is 0 Å². The fraction of sp³-hybridized carbons (Fsp3) is 0.625. The van der Waals surface area contributed by atoms with Crippen LogP contribution in [0.15, 0.2) is 18.2 Å². The summed E-state index contributed by atoms with van der Waals surface area (Å²) in [5, 5.41) is 3.43. The normalized spacial score (nSPS) is 17.2. The monoisotopic (exact) mass is 299 g/mol. The van der Waals surface area contributed by atoms with Gasteiger partial charge < -0.3 is 14.8 Å². The standard InChI is InChI=1S/C16H23F2NO2/c1-11(12-6-3-4-7-12)19-10-13-8-5-9-14(20-2)15(13)21-16(17)18/h5,8-9,11-12,16,19H,3-4,6-7,10H2,1-2H3/t11-/m0/s1. The van der Waals surface area contributed by atoms with Crippen LogP contribution in [0.1, 0.15) is 38.2 Å². The number of nitrogens with one attached hydrogen (secondary N) is 1. The van der Waals surface area contributed by atoms with Gasteiger partial charge in [0.05, 0.1) is 7.11 Å². The largest absolute Gasteiger partial charge is 0.493 e. The number of ether oxygens (including phenoxy) is 2. The zero-order valence-electron chi connectivity index (χ0n) is 12.6. The van der Waals surface area contributed by atoms with E-state index in [2.05, 4.69) is 17.0 Å². The van der Waals surface area contributed by atoms with E-state index in [0.717, 1.165) is 0 Å². The Morgan fingerprint density at radius 2 is 2.00 bits per heavy atom. The maximum absolute atomic E-state index is 12.6. The van der Waals surface area contributed by atoms with Crippen LogP contribution in [0.4, 0.5) is 8.78 Å². The molecular formula is C16H23F2NO2. The molecule has 1 aromatic carbocycles. The van der Waals surface area contributed by atoms with Crippen molar-refractivity contribution in [3.8, 4) is 11.5 Å². The third kappa shape index (κ3) is 4.30. The molecule has 0 aliphatic heterocycles. The summed E-state index contributed by atoms with van der Waals surface area (Å²) in [5.41, 5.74) is 0.694. The molecular weight excluding hydrogens is 276 g/mol. The zero-order valence-corrected chi connectivity index (χ0v) is 12.6. The van der Waals surface area contributed by atoms with Crippen molar-refractivity contribution < 1.29 is 18.3 Å². The molecule has 0 aromatic heterocycles. The van der Waals surface area contributed by atoms with Crippen LogP contribution in [0.25, 0.3) is 0 Å². The Morgan fingerprint density at radius 3 is 2.62 bits per heavy atom. The van der Waals surface area contributed by atoms with E-state index in [-0.39, 0.29) is 5.75 Å². The molecule has 3 nitrogen and oxygen atoms in total. The number of hydrogen-bond acceptors (Lipinski definition) is 3. The fourth-order valence-electron chi connectivity index (χ4n) is 2.98. The van der Waals surface area contributed by atoms with Crippen molar-refractivity contribution in [2.24, 2.45) is 5.92 Å². The van der Waals surface area contributed by atoms with Gasteiger partial charge in [0.15, 0.2) is 11.5 Å². The number of methoxy groups -OCH3 is 1. The molecule has 0 heterocycles. The molecule has 118 valence electrons. The summed E-state index contributed by atoms with van der Waals surface area (Å²) in [5.74, 6) is 1.14. The highest BCUT2D eigenvalue weighted by Crippen LogP contribution is 2.33. The van der Waals surface area contributed by atoms with Gasteiger partial charge in [0.2, 0.25) is 0 Å². The molecule has 21 heavy (non-hydrogen) atoms. The summed E-state index contributed by atoms with van der Waals surface area (Å²) in [7, 11) is 1.45. The predicted molar refractivity (Wildman–Crippen MR) is 77.9 cm³/mol. The van der Waals surface area contributed by atoms with Crippen molar-refractivity contribution in [2.75, 3.05) is 7.11 Å². The van der Waals surface area contributed by atoms with Crippen LogP contribution in [0.2, 0.25) is 0 Å². The smallest absolute Gasteiger partial charge is 0.387 e. The lowest BCUT2D eigenvalue weighted by molar-refractivity contribution is -0.0519. The lowest BCUT2D eigenvalue weighted by Gasteiger charge is -2.21. The third-order valence-corrected chi connectivity index (χ3v) is 4.21. The van der Waals surface area contributed by atoms with E-state index in [4.69, 9.17) is 4.74 Å². The van der Waals surface area contributed by atoms with Crippen LogP contribution in [-0.2, 0) is 6.54 Å². The molecule has 2 rings (SSSR count). The minimum Gasteiger partial charge on any atom is -0.493 e. The van der Waals surface area contributed by atoms with Crippen LogP contribution in [0.3, 0.4) is 0 Å². The zero-order chi connectivity index (χ0) is 15.2. The highest BCUT2D eigenvalue weighted by Gasteiger charge is 2.22. The van der Waals surface area contributed by atoms with Gasteiger partial charge in [-0.15, -0.1) is 0 Å².